The Labute approximate surface area is 267 Å². The molecular weight excluding hydrogens is 558 g/mol. The van der Waals surface area contributed by atoms with Gasteiger partial charge in [-0.3, -0.25) is 0 Å². The molecule has 0 bridgehead atoms. The molecule has 8 aromatic carbocycles. The van der Waals surface area contributed by atoms with Gasteiger partial charge in [0.05, 0.1) is 0 Å². The van der Waals surface area contributed by atoms with Gasteiger partial charge in [-0.25, -0.2) is 0 Å². The van der Waals surface area contributed by atoms with Crippen LogP contribution in [0.1, 0.15) is 0 Å². The van der Waals surface area contributed by atoms with Gasteiger partial charge in [0.25, 0.3) is 0 Å². The molecule has 0 spiro atoms. The first kappa shape index (κ1) is 26.3. The number of benzene rings is 8. The molecule has 0 aliphatic carbocycles. The molecule has 0 amide bonds. The second-order valence-electron chi connectivity index (χ2n) is 11.8. The van der Waals surface area contributed by atoms with Gasteiger partial charge in [-0.15, -0.1) is 0 Å². The summed E-state index contributed by atoms with van der Waals surface area (Å²) >= 11 is 0. The Morgan fingerprint density at radius 2 is 0.913 bits per heavy atom. The van der Waals surface area contributed by atoms with Crippen molar-refractivity contribution >= 4 is 60.5 Å². The van der Waals surface area contributed by atoms with E-state index in [-0.39, 0.29) is 0 Å². The minimum absolute atomic E-state index is 0.913. The summed E-state index contributed by atoms with van der Waals surface area (Å²) in [4.78, 5) is 2.35. The molecule has 0 aliphatic heterocycles. The molecule has 0 atom stereocenters. The Morgan fingerprint density at radius 3 is 1.70 bits per heavy atom. The number of para-hydroxylation sites is 2. The summed E-state index contributed by atoms with van der Waals surface area (Å²) in [5.74, 6) is 0. The Kier molecular flexibility index (Phi) is 6.17. The normalized spacial score (nSPS) is 11.5. The van der Waals surface area contributed by atoms with E-state index >= 15 is 0 Å². The van der Waals surface area contributed by atoms with E-state index < -0.39 is 0 Å². The van der Waals surface area contributed by atoms with Crippen LogP contribution in [0.4, 0.5) is 17.1 Å². The summed E-state index contributed by atoms with van der Waals surface area (Å²) in [5.41, 5.74) is 9.77. The van der Waals surface area contributed by atoms with Gasteiger partial charge >= 0.3 is 0 Å². The van der Waals surface area contributed by atoms with Gasteiger partial charge in [0, 0.05) is 33.4 Å². The number of hydrogen-bond acceptors (Lipinski definition) is 2. The predicted octanol–water partition coefficient (Wildman–Crippen LogP) is 12.7. The molecule has 1 heterocycles. The lowest BCUT2D eigenvalue weighted by molar-refractivity contribution is 0.670. The molecule has 9 aromatic rings. The van der Waals surface area contributed by atoms with E-state index in [2.05, 4.69) is 169 Å². The maximum Gasteiger partial charge on any atom is 0.143 e. The summed E-state index contributed by atoms with van der Waals surface area (Å²) in [5, 5.41) is 7.27. The van der Waals surface area contributed by atoms with Gasteiger partial charge in [-0.05, 0) is 80.7 Å². The van der Waals surface area contributed by atoms with Crippen molar-refractivity contribution < 1.29 is 4.42 Å². The zero-order valence-corrected chi connectivity index (χ0v) is 25.1. The van der Waals surface area contributed by atoms with E-state index in [1.807, 2.05) is 12.1 Å². The summed E-state index contributed by atoms with van der Waals surface area (Å²) in [6, 6.07) is 62.8. The number of fused-ring (bicyclic) bond motifs is 6. The molecule has 9 rings (SSSR count). The van der Waals surface area contributed by atoms with Crippen molar-refractivity contribution in [2.24, 2.45) is 0 Å². The van der Waals surface area contributed by atoms with Crippen LogP contribution in [-0.4, -0.2) is 0 Å². The third kappa shape index (κ3) is 4.43. The monoisotopic (exact) mass is 587 g/mol. The van der Waals surface area contributed by atoms with Crippen LogP contribution in [0.15, 0.2) is 180 Å². The highest BCUT2D eigenvalue weighted by Crippen LogP contribution is 2.40. The number of nitrogens with zero attached hydrogens (tertiary/aromatic N) is 1. The van der Waals surface area contributed by atoms with Crippen molar-refractivity contribution in [1.29, 1.82) is 0 Å². The van der Waals surface area contributed by atoms with Gasteiger partial charge in [-0.2, -0.15) is 0 Å². The van der Waals surface area contributed by atoms with Crippen LogP contribution >= 0.6 is 0 Å². The lowest BCUT2D eigenvalue weighted by Crippen LogP contribution is -2.09. The summed E-state index contributed by atoms with van der Waals surface area (Å²) < 4.78 is 6.37. The van der Waals surface area contributed by atoms with Gasteiger partial charge in [0.1, 0.15) is 11.2 Å². The minimum atomic E-state index is 0.913. The lowest BCUT2D eigenvalue weighted by Gasteiger charge is -2.26. The Morgan fingerprint density at radius 1 is 0.348 bits per heavy atom. The molecule has 0 N–H and O–H groups in total. The second-order valence-corrected chi connectivity index (χ2v) is 11.8. The Balaban J connectivity index is 1.18. The number of furan rings is 1. The predicted molar refractivity (Wildman–Crippen MR) is 194 cm³/mol. The van der Waals surface area contributed by atoms with Crippen molar-refractivity contribution in [3.8, 4) is 22.3 Å². The van der Waals surface area contributed by atoms with E-state index in [9.17, 15) is 0 Å². The van der Waals surface area contributed by atoms with Crippen molar-refractivity contribution in [3.05, 3.63) is 176 Å². The van der Waals surface area contributed by atoms with E-state index in [1.54, 1.807) is 0 Å². The average Bonchev–Trinajstić information content (AvgIpc) is 3.52. The molecule has 0 unspecified atom stereocenters. The van der Waals surface area contributed by atoms with E-state index in [0.29, 0.717) is 0 Å². The van der Waals surface area contributed by atoms with Crippen molar-refractivity contribution in [2.75, 3.05) is 4.90 Å². The standard InChI is InChI=1S/C44H29NO/c1-2-9-30(10-3-1)31-19-24-35(25-20-31)45(37-28-23-34-18-17-32-11-4-5-12-38(32)42(34)29-37)36-26-21-33(22-27-36)39-14-8-15-41-40-13-6-7-16-43(40)46-44(39)41/h1-29H. The van der Waals surface area contributed by atoms with Crippen molar-refractivity contribution in [3.63, 3.8) is 0 Å². The summed E-state index contributed by atoms with van der Waals surface area (Å²) in [6.07, 6.45) is 0. The van der Waals surface area contributed by atoms with Crippen molar-refractivity contribution in [2.45, 2.75) is 0 Å². The fourth-order valence-electron chi connectivity index (χ4n) is 6.77. The molecule has 46 heavy (non-hydrogen) atoms. The lowest BCUT2D eigenvalue weighted by atomic mass is 10.00. The molecule has 0 aliphatic rings. The summed E-state index contributed by atoms with van der Waals surface area (Å²) in [7, 11) is 0. The van der Waals surface area contributed by atoms with Crippen LogP contribution in [0.25, 0.3) is 65.7 Å². The van der Waals surface area contributed by atoms with E-state index in [4.69, 9.17) is 4.42 Å². The minimum Gasteiger partial charge on any atom is -0.455 e. The van der Waals surface area contributed by atoms with Crippen LogP contribution in [0.5, 0.6) is 0 Å². The molecule has 0 fully saturated rings. The van der Waals surface area contributed by atoms with Gasteiger partial charge in [0.15, 0.2) is 0 Å². The SMILES string of the molecule is c1ccc(-c2ccc(N(c3ccc(-c4cccc5c4oc4ccccc45)cc3)c3ccc4ccc5ccccc5c4c3)cc2)cc1. The van der Waals surface area contributed by atoms with E-state index in [1.165, 1.54) is 32.7 Å². The fraction of sp³-hybridized carbons (Fsp3) is 0. The molecule has 216 valence electrons. The first-order valence-corrected chi connectivity index (χ1v) is 15.7. The third-order valence-electron chi connectivity index (χ3n) is 9.06. The Bertz CT molecular complexity index is 2510. The second kappa shape index (κ2) is 10.8. The highest BCUT2D eigenvalue weighted by Gasteiger charge is 2.16. The molecule has 0 radical (unpaired) electrons. The molecular formula is C44H29NO. The van der Waals surface area contributed by atoms with Crippen LogP contribution in [0, 0.1) is 0 Å². The number of rotatable bonds is 5. The molecule has 0 saturated heterocycles. The smallest absolute Gasteiger partial charge is 0.143 e. The largest absolute Gasteiger partial charge is 0.455 e. The first-order chi connectivity index (χ1) is 22.8. The highest BCUT2D eigenvalue weighted by molar-refractivity contribution is 6.10. The van der Waals surface area contributed by atoms with Gasteiger partial charge < -0.3 is 9.32 Å². The van der Waals surface area contributed by atoms with Crippen molar-refractivity contribution in [1.82, 2.24) is 0 Å². The molecule has 1 aromatic heterocycles. The molecule has 2 heteroatoms. The van der Waals surface area contributed by atoms with E-state index in [0.717, 1.165) is 50.1 Å². The maximum absolute atomic E-state index is 6.37. The average molecular weight is 588 g/mol. The van der Waals surface area contributed by atoms with Crippen LogP contribution < -0.4 is 4.90 Å². The van der Waals surface area contributed by atoms with Crippen LogP contribution in [0.2, 0.25) is 0 Å². The molecule has 2 nitrogen and oxygen atoms in total. The van der Waals surface area contributed by atoms with Crippen LogP contribution in [-0.2, 0) is 0 Å². The van der Waals surface area contributed by atoms with Crippen LogP contribution in [0.3, 0.4) is 0 Å². The Hall–Kier alpha value is -6.12. The zero-order valence-electron chi connectivity index (χ0n) is 25.1. The quantitative estimate of drug-likeness (QED) is 0.186. The number of anilines is 3. The summed E-state index contributed by atoms with van der Waals surface area (Å²) in [6.45, 7) is 0. The molecule has 0 saturated carbocycles. The van der Waals surface area contributed by atoms with Gasteiger partial charge in [-0.1, -0.05) is 133 Å². The maximum atomic E-state index is 6.37. The number of hydrogen-bond donors (Lipinski definition) is 0. The van der Waals surface area contributed by atoms with Gasteiger partial charge in [0.2, 0.25) is 0 Å². The fourth-order valence-corrected chi connectivity index (χ4v) is 6.77. The highest BCUT2D eigenvalue weighted by atomic mass is 16.3. The topological polar surface area (TPSA) is 16.4 Å². The first-order valence-electron chi connectivity index (χ1n) is 15.7. The zero-order chi connectivity index (χ0) is 30.5. The third-order valence-corrected chi connectivity index (χ3v) is 9.06.